The minimum Gasteiger partial charge on any atom is -0.494 e. The number of hydrogen-bond donors (Lipinski definition) is 1. The number of fused-ring (bicyclic) bond motifs is 1. The summed E-state index contributed by atoms with van der Waals surface area (Å²) in [6, 6.07) is 10.8. The molecule has 3 aromatic rings. The Morgan fingerprint density at radius 1 is 1.12 bits per heavy atom. The lowest BCUT2D eigenvalue weighted by atomic mass is 10.2. The number of methoxy groups -OCH3 is 2. The summed E-state index contributed by atoms with van der Waals surface area (Å²) in [5, 5.41) is 4.47. The Balaban J connectivity index is 1.81. The number of carbonyl (C=O) groups excluding carboxylic acids is 1. The number of anilines is 1. The van der Waals surface area contributed by atoms with E-state index >= 15 is 0 Å². The fourth-order valence-electron chi connectivity index (χ4n) is 2.75. The Labute approximate surface area is 161 Å². The predicted molar refractivity (Wildman–Crippen MR) is 105 cm³/mol. The van der Waals surface area contributed by atoms with Crippen LogP contribution in [0.4, 0.5) is 5.69 Å². The molecular weight excluding hydrogens is 375 g/mol. The van der Waals surface area contributed by atoms with Gasteiger partial charge in [0.1, 0.15) is 0 Å². The molecule has 5 nitrogen and oxygen atoms in total. The fraction of sp³-hybridized carbons (Fsp3) is 0.211. The van der Waals surface area contributed by atoms with E-state index in [1.54, 1.807) is 7.11 Å². The third-order valence-electron chi connectivity index (χ3n) is 4.03. The number of hydrogen-bond acceptors (Lipinski definition) is 3. The van der Waals surface area contributed by atoms with Crippen LogP contribution < -0.4 is 10.1 Å². The fourth-order valence-corrected chi connectivity index (χ4v) is 3.39. The first-order valence-electron chi connectivity index (χ1n) is 7.95. The maximum absolute atomic E-state index is 12.5. The van der Waals surface area contributed by atoms with Gasteiger partial charge < -0.3 is 19.4 Å². The van der Waals surface area contributed by atoms with Crippen LogP contribution in [0.3, 0.4) is 0 Å². The molecule has 2 aromatic carbocycles. The van der Waals surface area contributed by atoms with E-state index in [-0.39, 0.29) is 16.0 Å². The van der Waals surface area contributed by atoms with Crippen molar-refractivity contribution in [2.75, 3.05) is 26.1 Å². The predicted octanol–water partition coefficient (Wildman–Crippen LogP) is 4.86. The lowest BCUT2D eigenvalue weighted by molar-refractivity contribution is 0.102. The van der Waals surface area contributed by atoms with E-state index < -0.39 is 0 Å². The Kier molecular flexibility index (Phi) is 5.71. The van der Waals surface area contributed by atoms with Crippen molar-refractivity contribution in [3.8, 4) is 5.75 Å². The largest absolute Gasteiger partial charge is 0.494 e. The van der Waals surface area contributed by atoms with Crippen molar-refractivity contribution in [2.45, 2.75) is 6.54 Å². The maximum atomic E-state index is 12.5. The van der Waals surface area contributed by atoms with Gasteiger partial charge in [-0.15, -0.1) is 0 Å². The number of aromatic nitrogens is 1. The molecule has 1 aromatic heterocycles. The number of halogens is 2. The second-order valence-corrected chi connectivity index (χ2v) is 6.52. The first-order valence-corrected chi connectivity index (χ1v) is 8.71. The SMILES string of the molecule is COCCn1ccc2cc(NC(=O)c3cc(Cl)c(OC)c(Cl)c3)ccc21. The van der Waals surface area contributed by atoms with E-state index in [4.69, 9.17) is 32.7 Å². The van der Waals surface area contributed by atoms with Gasteiger partial charge in [-0.05, 0) is 36.4 Å². The summed E-state index contributed by atoms with van der Waals surface area (Å²) in [5.41, 5.74) is 2.13. The normalized spacial score (nSPS) is 10.9. The number of nitrogens with one attached hydrogen (secondary N) is 1. The highest BCUT2D eigenvalue weighted by molar-refractivity contribution is 6.37. The summed E-state index contributed by atoms with van der Waals surface area (Å²) in [6.45, 7) is 1.41. The van der Waals surface area contributed by atoms with Crippen molar-refractivity contribution in [2.24, 2.45) is 0 Å². The summed E-state index contributed by atoms with van der Waals surface area (Å²) in [5.74, 6) is 0.0540. The molecule has 7 heteroatoms. The molecule has 0 atom stereocenters. The third-order valence-corrected chi connectivity index (χ3v) is 4.59. The van der Waals surface area contributed by atoms with Gasteiger partial charge in [0.2, 0.25) is 0 Å². The molecule has 136 valence electrons. The second-order valence-electron chi connectivity index (χ2n) is 5.70. The molecular formula is C19H18Cl2N2O3. The van der Waals surface area contributed by atoms with Gasteiger partial charge in [0.25, 0.3) is 5.91 Å². The molecule has 0 aliphatic rings. The van der Waals surface area contributed by atoms with Crippen LogP contribution in [0.1, 0.15) is 10.4 Å². The average Bonchev–Trinajstić information content (AvgIpc) is 3.01. The summed E-state index contributed by atoms with van der Waals surface area (Å²) >= 11 is 12.2. The van der Waals surface area contributed by atoms with Gasteiger partial charge in [0, 0.05) is 42.0 Å². The summed E-state index contributed by atoms with van der Waals surface area (Å²) in [6.07, 6.45) is 2.00. The first-order chi connectivity index (χ1) is 12.5. The van der Waals surface area contributed by atoms with Crippen molar-refractivity contribution in [3.63, 3.8) is 0 Å². The number of benzene rings is 2. The summed E-state index contributed by atoms with van der Waals surface area (Å²) in [7, 11) is 3.15. The van der Waals surface area contributed by atoms with E-state index in [2.05, 4.69) is 9.88 Å². The van der Waals surface area contributed by atoms with Crippen LogP contribution in [0.15, 0.2) is 42.6 Å². The van der Waals surface area contributed by atoms with Crippen molar-refractivity contribution in [3.05, 3.63) is 58.2 Å². The summed E-state index contributed by atoms with van der Waals surface area (Å²) < 4.78 is 12.3. The van der Waals surface area contributed by atoms with Gasteiger partial charge in [0.05, 0.1) is 23.8 Å². The van der Waals surface area contributed by atoms with Crippen molar-refractivity contribution in [1.29, 1.82) is 0 Å². The standard InChI is InChI=1S/C19H18Cl2N2O3/c1-25-8-7-23-6-5-12-9-14(3-4-17(12)23)22-19(24)13-10-15(20)18(26-2)16(21)11-13/h3-6,9-11H,7-8H2,1-2H3,(H,22,24). The van der Waals surface area contributed by atoms with Crippen LogP contribution >= 0.6 is 23.2 Å². The Hall–Kier alpha value is -2.21. The maximum Gasteiger partial charge on any atom is 0.255 e. The zero-order valence-corrected chi connectivity index (χ0v) is 15.9. The van der Waals surface area contributed by atoms with Crippen LogP contribution in [0.5, 0.6) is 5.75 Å². The molecule has 0 unspecified atom stereocenters. The van der Waals surface area contributed by atoms with Gasteiger partial charge in [-0.2, -0.15) is 0 Å². The number of nitrogens with zero attached hydrogens (tertiary/aromatic N) is 1. The monoisotopic (exact) mass is 392 g/mol. The van der Waals surface area contributed by atoms with Gasteiger partial charge in [-0.25, -0.2) is 0 Å². The van der Waals surface area contributed by atoms with Crippen molar-refractivity contribution < 1.29 is 14.3 Å². The minimum atomic E-state index is -0.297. The second kappa shape index (κ2) is 7.99. The number of rotatable bonds is 6. The lowest BCUT2D eigenvalue weighted by Crippen LogP contribution is -2.12. The van der Waals surface area contributed by atoms with Crippen LogP contribution in [-0.2, 0) is 11.3 Å². The molecule has 0 aliphatic heterocycles. The molecule has 1 heterocycles. The molecule has 0 saturated carbocycles. The summed E-state index contributed by atoms with van der Waals surface area (Å²) in [4.78, 5) is 12.5. The molecule has 1 amide bonds. The van der Waals surface area contributed by atoms with E-state index in [1.807, 2.05) is 30.5 Å². The topological polar surface area (TPSA) is 52.5 Å². The quantitative estimate of drug-likeness (QED) is 0.651. The minimum absolute atomic E-state index is 0.288. The van der Waals surface area contributed by atoms with Crippen molar-refractivity contribution >= 4 is 45.7 Å². The van der Waals surface area contributed by atoms with E-state index in [0.29, 0.717) is 23.6 Å². The van der Waals surface area contributed by atoms with E-state index in [1.165, 1.54) is 19.2 Å². The van der Waals surface area contributed by atoms with Crippen LogP contribution in [0.2, 0.25) is 10.0 Å². The molecule has 0 aliphatic carbocycles. The molecule has 0 saturated heterocycles. The van der Waals surface area contributed by atoms with Gasteiger partial charge >= 0.3 is 0 Å². The zero-order valence-electron chi connectivity index (χ0n) is 14.4. The highest BCUT2D eigenvalue weighted by Crippen LogP contribution is 2.34. The van der Waals surface area contributed by atoms with Gasteiger partial charge in [-0.1, -0.05) is 23.2 Å². The molecule has 0 radical (unpaired) electrons. The average molecular weight is 393 g/mol. The molecule has 3 rings (SSSR count). The third kappa shape index (κ3) is 3.80. The number of carbonyl (C=O) groups is 1. The zero-order chi connectivity index (χ0) is 18.7. The molecule has 26 heavy (non-hydrogen) atoms. The van der Waals surface area contributed by atoms with Crippen molar-refractivity contribution in [1.82, 2.24) is 4.57 Å². The number of amides is 1. The molecule has 0 spiro atoms. The first kappa shape index (κ1) is 18.6. The Morgan fingerprint density at radius 2 is 1.85 bits per heavy atom. The van der Waals surface area contributed by atoms with Crippen LogP contribution in [-0.4, -0.2) is 31.3 Å². The number of ether oxygens (including phenoxy) is 2. The smallest absolute Gasteiger partial charge is 0.255 e. The molecule has 0 bridgehead atoms. The van der Waals surface area contributed by atoms with E-state index in [0.717, 1.165) is 17.4 Å². The lowest BCUT2D eigenvalue weighted by Gasteiger charge is -2.10. The highest BCUT2D eigenvalue weighted by Gasteiger charge is 2.14. The van der Waals surface area contributed by atoms with Crippen LogP contribution in [0, 0.1) is 0 Å². The van der Waals surface area contributed by atoms with Crippen LogP contribution in [0.25, 0.3) is 10.9 Å². The molecule has 0 fully saturated rings. The Morgan fingerprint density at radius 3 is 2.50 bits per heavy atom. The van der Waals surface area contributed by atoms with E-state index in [9.17, 15) is 4.79 Å². The highest BCUT2D eigenvalue weighted by atomic mass is 35.5. The molecule has 1 N–H and O–H groups in total. The Bertz CT molecular complexity index is 930. The van der Waals surface area contributed by atoms with Gasteiger partial charge in [-0.3, -0.25) is 4.79 Å². The van der Waals surface area contributed by atoms with Gasteiger partial charge in [0.15, 0.2) is 5.75 Å².